The SMILES string of the molecule is CC(C)C1=C2[C@H]3CC[C@@H]4[C@@]5(C)CC[C@H](O)C(C)(C)[C@@H]5CC[C@@]4(C)[C@]3(C)CC[C@@]2(C(=O)Nc2cnn(C)c2)CC1=O. The minimum absolute atomic E-state index is 0.0208. The number of aromatic nitrogens is 2. The molecule has 40 heavy (non-hydrogen) atoms. The number of aryl methyl sites for hydroxylation is 1. The molecule has 5 aliphatic carbocycles. The van der Waals surface area contributed by atoms with Crippen molar-refractivity contribution in [3.8, 4) is 0 Å². The van der Waals surface area contributed by atoms with Crippen LogP contribution in [0.25, 0.3) is 0 Å². The van der Waals surface area contributed by atoms with Crippen molar-refractivity contribution in [3.63, 3.8) is 0 Å². The zero-order valence-electron chi connectivity index (χ0n) is 26.1. The Morgan fingerprint density at radius 1 is 1.00 bits per heavy atom. The first-order valence-corrected chi connectivity index (χ1v) is 15.9. The molecule has 0 unspecified atom stereocenters. The van der Waals surface area contributed by atoms with Crippen LogP contribution < -0.4 is 5.32 Å². The van der Waals surface area contributed by atoms with Gasteiger partial charge in [0.1, 0.15) is 0 Å². The first-order valence-electron chi connectivity index (χ1n) is 15.9. The molecule has 1 aromatic heterocycles. The van der Waals surface area contributed by atoms with Gasteiger partial charge < -0.3 is 10.4 Å². The number of allylic oxidation sites excluding steroid dienone is 1. The number of carbonyl (C=O) groups excluding carboxylic acids is 2. The number of amides is 1. The summed E-state index contributed by atoms with van der Waals surface area (Å²) in [6.07, 6.45) is 11.8. The molecule has 0 aliphatic heterocycles. The van der Waals surface area contributed by atoms with E-state index in [-0.39, 0.29) is 51.3 Å². The minimum Gasteiger partial charge on any atom is -0.393 e. The summed E-state index contributed by atoms with van der Waals surface area (Å²) >= 11 is 0. The fourth-order valence-electron chi connectivity index (χ4n) is 11.6. The second-order valence-corrected chi connectivity index (χ2v) is 16.0. The van der Waals surface area contributed by atoms with Crippen molar-refractivity contribution in [3.05, 3.63) is 23.5 Å². The summed E-state index contributed by atoms with van der Waals surface area (Å²) in [6.45, 7) is 16.5. The lowest BCUT2D eigenvalue weighted by molar-refractivity contribution is -0.228. The summed E-state index contributed by atoms with van der Waals surface area (Å²) in [5.41, 5.74) is 2.38. The van der Waals surface area contributed by atoms with Gasteiger partial charge in [-0.1, -0.05) is 48.5 Å². The molecule has 4 saturated carbocycles. The van der Waals surface area contributed by atoms with Crippen molar-refractivity contribution in [1.82, 2.24) is 9.78 Å². The molecule has 6 rings (SSSR count). The van der Waals surface area contributed by atoms with E-state index in [1.54, 1.807) is 10.9 Å². The third kappa shape index (κ3) is 3.47. The lowest BCUT2D eigenvalue weighted by Crippen LogP contribution is -2.66. The number of fused-ring (bicyclic) bond motifs is 7. The Morgan fingerprint density at radius 2 is 1.73 bits per heavy atom. The average Bonchev–Trinajstić information content (AvgIpc) is 3.42. The molecule has 0 saturated heterocycles. The second kappa shape index (κ2) is 8.78. The maximum Gasteiger partial charge on any atom is 0.235 e. The van der Waals surface area contributed by atoms with Gasteiger partial charge in [0.05, 0.1) is 23.4 Å². The van der Waals surface area contributed by atoms with Crippen LogP contribution in [0, 0.1) is 50.7 Å². The molecule has 0 bridgehead atoms. The van der Waals surface area contributed by atoms with Crippen molar-refractivity contribution in [2.45, 2.75) is 112 Å². The minimum atomic E-state index is -0.752. The Labute approximate surface area is 240 Å². The van der Waals surface area contributed by atoms with Crippen LogP contribution in [0.5, 0.6) is 0 Å². The number of hydrogen-bond acceptors (Lipinski definition) is 4. The molecular formula is C34H51N3O3. The van der Waals surface area contributed by atoms with Crippen LogP contribution in [0.3, 0.4) is 0 Å². The normalized spacial score (nSPS) is 44.1. The highest BCUT2D eigenvalue weighted by Gasteiger charge is 2.70. The molecule has 6 nitrogen and oxygen atoms in total. The van der Waals surface area contributed by atoms with E-state index in [4.69, 9.17) is 0 Å². The summed E-state index contributed by atoms with van der Waals surface area (Å²) in [5.74, 6) is 1.62. The highest BCUT2D eigenvalue weighted by Crippen LogP contribution is 2.76. The maximum atomic E-state index is 14.2. The van der Waals surface area contributed by atoms with Gasteiger partial charge >= 0.3 is 0 Å². The smallest absolute Gasteiger partial charge is 0.235 e. The topological polar surface area (TPSA) is 84.2 Å². The van der Waals surface area contributed by atoms with Gasteiger partial charge in [-0.3, -0.25) is 14.3 Å². The van der Waals surface area contributed by atoms with Crippen molar-refractivity contribution in [1.29, 1.82) is 0 Å². The number of nitrogens with zero attached hydrogens (tertiary/aromatic N) is 2. The van der Waals surface area contributed by atoms with E-state index in [1.807, 2.05) is 13.2 Å². The summed E-state index contributed by atoms with van der Waals surface area (Å²) in [4.78, 5) is 28.0. The van der Waals surface area contributed by atoms with Gasteiger partial charge in [-0.2, -0.15) is 5.10 Å². The van der Waals surface area contributed by atoms with Crippen LogP contribution in [-0.2, 0) is 16.6 Å². The second-order valence-electron chi connectivity index (χ2n) is 16.0. The molecule has 2 N–H and O–H groups in total. The van der Waals surface area contributed by atoms with E-state index >= 15 is 0 Å². The van der Waals surface area contributed by atoms with E-state index in [1.165, 1.54) is 5.57 Å². The number of rotatable bonds is 3. The van der Waals surface area contributed by atoms with Gasteiger partial charge in [-0.15, -0.1) is 0 Å². The number of nitrogens with one attached hydrogen (secondary N) is 1. The summed E-state index contributed by atoms with van der Waals surface area (Å²) in [5, 5.41) is 18.4. The van der Waals surface area contributed by atoms with E-state index in [0.29, 0.717) is 23.9 Å². The molecule has 220 valence electrons. The van der Waals surface area contributed by atoms with Crippen LogP contribution in [0.15, 0.2) is 23.5 Å². The summed E-state index contributed by atoms with van der Waals surface area (Å²) < 4.78 is 1.70. The molecule has 4 fully saturated rings. The number of Topliss-reactive ketones (excluding diaryl/α,β-unsaturated/α-hetero) is 1. The van der Waals surface area contributed by atoms with Gasteiger partial charge in [-0.05, 0) is 108 Å². The number of hydrogen-bond donors (Lipinski definition) is 2. The summed E-state index contributed by atoms with van der Waals surface area (Å²) in [6, 6.07) is 0. The van der Waals surface area contributed by atoms with Crippen LogP contribution in [0.2, 0.25) is 0 Å². The zero-order chi connectivity index (χ0) is 29.0. The van der Waals surface area contributed by atoms with Crippen molar-refractivity contribution >= 4 is 17.4 Å². The Morgan fingerprint density at radius 3 is 2.38 bits per heavy atom. The molecule has 0 aromatic carbocycles. The predicted molar refractivity (Wildman–Crippen MR) is 157 cm³/mol. The van der Waals surface area contributed by atoms with Crippen molar-refractivity contribution < 1.29 is 14.7 Å². The Bertz CT molecular complexity index is 1280. The molecule has 0 radical (unpaired) electrons. The standard InChI is InChI=1S/C34H51N3O3/c1-20(2)27-23(38)17-34(29(40)36-21-18-35-37(8)19-21)16-15-32(6)22(28(27)34)9-10-25-31(5)13-12-26(39)30(3,4)24(31)11-14-33(25,32)7/h18-20,22,24-26,39H,9-17H2,1-8H3,(H,36,40)/t22-,24+,25-,26+,31+,32-,33-,34-/m1/s1. The van der Waals surface area contributed by atoms with E-state index in [9.17, 15) is 14.7 Å². The average molecular weight is 550 g/mol. The number of aliphatic hydroxyl groups is 1. The fourth-order valence-corrected chi connectivity index (χ4v) is 11.6. The molecule has 8 atom stereocenters. The predicted octanol–water partition coefficient (Wildman–Crippen LogP) is 6.70. The van der Waals surface area contributed by atoms with Crippen molar-refractivity contribution in [2.24, 2.45) is 57.8 Å². The van der Waals surface area contributed by atoms with Gasteiger partial charge in [0.2, 0.25) is 5.91 Å². The molecule has 1 heterocycles. The largest absolute Gasteiger partial charge is 0.393 e. The number of anilines is 1. The molecule has 0 spiro atoms. The first kappa shape index (κ1) is 28.2. The third-order valence-electron chi connectivity index (χ3n) is 13.8. The molecule has 5 aliphatic rings. The highest BCUT2D eigenvalue weighted by molar-refractivity contribution is 6.09. The van der Waals surface area contributed by atoms with Gasteiger partial charge in [0.25, 0.3) is 0 Å². The van der Waals surface area contributed by atoms with Crippen molar-refractivity contribution in [2.75, 3.05) is 5.32 Å². The number of ketones is 1. The van der Waals surface area contributed by atoms with Gasteiger partial charge in [0.15, 0.2) is 5.78 Å². The monoisotopic (exact) mass is 549 g/mol. The molecular weight excluding hydrogens is 498 g/mol. The Balaban J connectivity index is 1.42. The zero-order valence-corrected chi connectivity index (χ0v) is 26.1. The fraction of sp³-hybridized carbons (Fsp3) is 0.794. The van der Waals surface area contributed by atoms with Crippen LogP contribution in [0.4, 0.5) is 5.69 Å². The molecule has 6 heteroatoms. The first-order chi connectivity index (χ1) is 18.6. The van der Waals surface area contributed by atoms with Gasteiger partial charge in [0, 0.05) is 19.7 Å². The Kier molecular flexibility index (Phi) is 6.19. The Hall–Kier alpha value is -1.95. The van der Waals surface area contributed by atoms with Crippen LogP contribution in [-0.4, -0.2) is 32.7 Å². The lowest BCUT2D eigenvalue weighted by atomic mass is 9.33. The molecule has 1 amide bonds. The lowest BCUT2D eigenvalue weighted by Gasteiger charge is -2.72. The van der Waals surface area contributed by atoms with Crippen LogP contribution >= 0.6 is 0 Å². The number of aliphatic hydroxyl groups excluding tert-OH is 1. The van der Waals surface area contributed by atoms with E-state index < -0.39 is 5.41 Å². The van der Waals surface area contributed by atoms with Crippen LogP contribution in [0.1, 0.15) is 106 Å². The quantitative estimate of drug-likeness (QED) is 0.439. The highest BCUT2D eigenvalue weighted by atomic mass is 16.3. The third-order valence-corrected chi connectivity index (χ3v) is 13.8. The maximum absolute atomic E-state index is 14.2. The number of carbonyl (C=O) groups is 2. The molecule has 1 aromatic rings. The summed E-state index contributed by atoms with van der Waals surface area (Å²) in [7, 11) is 1.85. The van der Waals surface area contributed by atoms with Gasteiger partial charge in [-0.25, -0.2) is 0 Å². The van der Waals surface area contributed by atoms with E-state index in [0.717, 1.165) is 56.9 Å². The van der Waals surface area contributed by atoms with E-state index in [2.05, 4.69) is 58.9 Å².